The van der Waals surface area contributed by atoms with Crippen LogP contribution in [0, 0.1) is 13.8 Å². The molecule has 1 N–H and O–H groups in total. The van der Waals surface area contributed by atoms with Gasteiger partial charge in [-0.3, -0.25) is 0 Å². The molecule has 0 unspecified atom stereocenters. The maximum absolute atomic E-state index is 11.7. The maximum Gasteiger partial charge on any atom is 0.355 e. The molecular formula is C14H19NO4. The number of rotatable bonds is 5. The van der Waals surface area contributed by atoms with Crippen LogP contribution >= 0.6 is 0 Å². The van der Waals surface area contributed by atoms with Crippen LogP contribution in [-0.4, -0.2) is 30.1 Å². The molecule has 0 fully saturated rings. The predicted octanol–water partition coefficient (Wildman–Crippen LogP) is 2.38. The van der Waals surface area contributed by atoms with Gasteiger partial charge in [0.1, 0.15) is 5.69 Å². The number of nitrogens with one attached hydrogen (secondary N) is 1. The summed E-state index contributed by atoms with van der Waals surface area (Å²) in [5, 5.41) is 0. The lowest BCUT2D eigenvalue weighted by atomic mass is 10.1. The van der Waals surface area contributed by atoms with Crippen LogP contribution in [0.5, 0.6) is 0 Å². The molecule has 5 nitrogen and oxygen atoms in total. The van der Waals surface area contributed by atoms with Gasteiger partial charge in [-0.05, 0) is 44.9 Å². The maximum atomic E-state index is 11.7. The van der Waals surface area contributed by atoms with Gasteiger partial charge in [-0.25, -0.2) is 9.59 Å². The van der Waals surface area contributed by atoms with E-state index in [1.54, 1.807) is 19.9 Å². The molecule has 0 aliphatic rings. The van der Waals surface area contributed by atoms with Crippen molar-refractivity contribution >= 4 is 18.0 Å². The zero-order valence-corrected chi connectivity index (χ0v) is 11.7. The minimum atomic E-state index is -0.410. The van der Waals surface area contributed by atoms with Crippen LogP contribution in [0.15, 0.2) is 6.08 Å². The number of hydrogen-bond donors (Lipinski definition) is 1. The number of carbonyl (C=O) groups excluding carboxylic acids is 2. The van der Waals surface area contributed by atoms with E-state index in [0.717, 1.165) is 11.1 Å². The monoisotopic (exact) mass is 265 g/mol. The van der Waals surface area contributed by atoms with E-state index in [0.29, 0.717) is 24.6 Å². The van der Waals surface area contributed by atoms with Gasteiger partial charge in [0, 0.05) is 11.8 Å². The molecule has 0 saturated heterocycles. The first-order valence-electron chi connectivity index (χ1n) is 6.22. The largest absolute Gasteiger partial charge is 0.463 e. The molecule has 104 valence electrons. The number of aromatic nitrogens is 1. The van der Waals surface area contributed by atoms with E-state index < -0.39 is 5.97 Å². The van der Waals surface area contributed by atoms with Gasteiger partial charge in [0.25, 0.3) is 0 Å². The standard InChI is InChI=1S/C14H19NO4/c1-5-18-12(16)8-7-11-9(3)10(4)13(15-11)14(17)19-6-2/h7-8,15H,5-6H2,1-4H3/b8-7+. The van der Waals surface area contributed by atoms with Gasteiger partial charge in [-0.1, -0.05) is 0 Å². The number of esters is 2. The molecule has 0 aliphatic carbocycles. The SMILES string of the molecule is CCOC(=O)/C=C/c1[nH]c(C(=O)OCC)c(C)c1C. The Balaban J connectivity index is 2.95. The molecule has 0 spiro atoms. The fraction of sp³-hybridized carbons (Fsp3) is 0.429. The molecule has 1 heterocycles. The van der Waals surface area contributed by atoms with Crippen molar-refractivity contribution in [2.75, 3.05) is 13.2 Å². The van der Waals surface area contributed by atoms with Crippen LogP contribution in [0.4, 0.5) is 0 Å². The van der Waals surface area contributed by atoms with Crippen molar-refractivity contribution < 1.29 is 19.1 Å². The first-order chi connectivity index (χ1) is 9.01. The second-order valence-electron chi connectivity index (χ2n) is 3.97. The first-order valence-corrected chi connectivity index (χ1v) is 6.22. The van der Waals surface area contributed by atoms with Gasteiger partial charge in [-0.2, -0.15) is 0 Å². The van der Waals surface area contributed by atoms with E-state index in [2.05, 4.69) is 4.98 Å². The van der Waals surface area contributed by atoms with Crippen molar-refractivity contribution in [3.8, 4) is 0 Å². The molecule has 5 heteroatoms. The molecule has 1 aromatic heterocycles. The minimum absolute atomic E-state index is 0.324. The Labute approximate surface area is 112 Å². The van der Waals surface area contributed by atoms with Gasteiger partial charge >= 0.3 is 11.9 Å². The Morgan fingerprint density at radius 1 is 1.11 bits per heavy atom. The summed E-state index contributed by atoms with van der Waals surface area (Å²) in [4.78, 5) is 25.9. The summed E-state index contributed by atoms with van der Waals surface area (Å²) in [5.41, 5.74) is 2.85. The van der Waals surface area contributed by atoms with Gasteiger partial charge in [0.2, 0.25) is 0 Å². The first kappa shape index (κ1) is 15.0. The fourth-order valence-electron chi connectivity index (χ4n) is 1.63. The van der Waals surface area contributed by atoms with Crippen molar-refractivity contribution in [3.05, 3.63) is 28.6 Å². The average molecular weight is 265 g/mol. The lowest BCUT2D eigenvalue weighted by Crippen LogP contribution is -2.06. The molecule has 0 aliphatic heterocycles. The molecule has 0 bridgehead atoms. The highest BCUT2D eigenvalue weighted by Gasteiger charge is 2.16. The van der Waals surface area contributed by atoms with E-state index in [-0.39, 0.29) is 5.97 Å². The van der Waals surface area contributed by atoms with Crippen molar-refractivity contribution in [1.82, 2.24) is 4.98 Å². The second kappa shape index (κ2) is 6.78. The normalized spacial score (nSPS) is 10.7. The third kappa shape index (κ3) is 3.71. The Morgan fingerprint density at radius 3 is 2.32 bits per heavy atom. The van der Waals surface area contributed by atoms with Crippen molar-refractivity contribution in [2.45, 2.75) is 27.7 Å². The summed E-state index contributed by atoms with van der Waals surface area (Å²) in [6, 6.07) is 0. The molecule has 0 saturated carbocycles. The Hall–Kier alpha value is -2.04. The summed E-state index contributed by atoms with van der Waals surface area (Å²) in [6.45, 7) is 7.86. The van der Waals surface area contributed by atoms with Crippen LogP contribution in [0.2, 0.25) is 0 Å². The number of H-pyrrole nitrogens is 1. The molecule has 1 rings (SSSR count). The number of aromatic amines is 1. The van der Waals surface area contributed by atoms with Crippen LogP contribution in [0.1, 0.15) is 41.2 Å². The van der Waals surface area contributed by atoms with E-state index in [1.807, 2.05) is 13.8 Å². The Kier molecular flexibility index (Phi) is 5.36. The molecule has 0 radical (unpaired) electrons. The van der Waals surface area contributed by atoms with Gasteiger partial charge in [0.15, 0.2) is 0 Å². The summed E-state index contributed by atoms with van der Waals surface area (Å²) in [6.07, 6.45) is 2.93. The molecular weight excluding hydrogens is 246 g/mol. The number of hydrogen-bond acceptors (Lipinski definition) is 4. The third-order valence-electron chi connectivity index (χ3n) is 2.75. The molecule has 0 aromatic carbocycles. The molecule has 0 amide bonds. The predicted molar refractivity (Wildman–Crippen MR) is 71.9 cm³/mol. The highest BCUT2D eigenvalue weighted by atomic mass is 16.5. The topological polar surface area (TPSA) is 68.4 Å². The number of ether oxygens (including phenoxy) is 2. The van der Waals surface area contributed by atoms with E-state index >= 15 is 0 Å². The van der Waals surface area contributed by atoms with E-state index in [4.69, 9.17) is 9.47 Å². The van der Waals surface area contributed by atoms with Crippen molar-refractivity contribution in [1.29, 1.82) is 0 Å². The molecule has 1 aromatic rings. The van der Waals surface area contributed by atoms with Gasteiger partial charge < -0.3 is 14.5 Å². The van der Waals surface area contributed by atoms with Crippen molar-refractivity contribution in [2.24, 2.45) is 0 Å². The highest BCUT2D eigenvalue weighted by Crippen LogP contribution is 2.19. The number of carbonyl (C=O) groups is 2. The zero-order chi connectivity index (χ0) is 14.4. The highest BCUT2D eigenvalue weighted by molar-refractivity contribution is 5.91. The fourth-order valence-corrected chi connectivity index (χ4v) is 1.63. The second-order valence-corrected chi connectivity index (χ2v) is 3.97. The van der Waals surface area contributed by atoms with E-state index in [1.165, 1.54) is 6.08 Å². The van der Waals surface area contributed by atoms with Crippen LogP contribution < -0.4 is 0 Å². The van der Waals surface area contributed by atoms with Gasteiger partial charge in [-0.15, -0.1) is 0 Å². The zero-order valence-electron chi connectivity index (χ0n) is 11.7. The molecule has 0 atom stereocenters. The van der Waals surface area contributed by atoms with Crippen LogP contribution in [0.3, 0.4) is 0 Å². The van der Waals surface area contributed by atoms with Crippen molar-refractivity contribution in [3.63, 3.8) is 0 Å². The third-order valence-corrected chi connectivity index (χ3v) is 2.75. The van der Waals surface area contributed by atoms with Crippen LogP contribution in [-0.2, 0) is 14.3 Å². The Morgan fingerprint density at radius 2 is 1.74 bits per heavy atom. The van der Waals surface area contributed by atoms with Crippen LogP contribution in [0.25, 0.3) is 6.08 Å². The van der Waals surface area contributed by atoms with Gasteiger partial charge in [0.05, 0.1) is 13.2 Å². The Bertz CT molecular complexity index is 500. The quantitative estimate of drug-likeness (QED) is 0.655. The van der Waals surface area contributed by atoms with E-state index in [9.17, 15) is 9.59 Å². The smallest absolute Gasteiger partial charge is 0.355 e. The molecule has 19 heavy (non-hydrogen) atoms. The minimum Gasteiger partial charge on any atom is -0.463 e. The average Bonchev–Trinajstić information content (AvgIpc) is 2.65. The summed E-state index contributed by atoms with van der Waals surface area (Å²) in [7, 11) is 0. The lowest BCUT2D eigenvalue weighted by Gasteiger charge is -1.99. The summed E-state index contributed by atoms with van der Waals surface area (Å²) in [5.74, 6) is -0.800. The lowest BCUT2D eigenvalue weighted by molar-refractivity contribution is -0.137. The summed E-state index contributed by atoms with van der Waals surface area (Å²) >= 11 is 0. The summed E-state index contributed by atoms with van der Waals surface area (Å²) < 4.78 is 9.75.